The smallest absolute Gasteiger partial charge is 0.257 e. The fraction of sp³-hybridized carbons (Fsp3) is 0.500. The Hall–Kier alpha value is -1.01. The molecule has 2 heterocycles. The molecule has 1 aromatic carbocycles. The van der Waals surface area contributed by atoms with E-state index in [4.69, 9.17) is 4.74 Å². The SMILES string of the molecule is CC1(C(=O)Nc2ccc3c(c2)CCN3)CNCCO1.Cl.Cl. The van der Waals surface area contributed by atoms with Crippen molar-refractivity contribution in [2.24, 2.45) is 0 Å². The minimum atomic E-state index is -0.782. The van der Waals surface area contributed by atoms with Crippen LogP contribution in [-0.2, 0) is 16.0 Å². The lowest BCUT2D eigenvalue weighted by molar-refractivity contribution is -0.142. The summed E-state index contributed by atoms with van der Waals surface area (Å²) in [6.45, 7) is 4.71. The lowest BCUT2D eigenvalue weighted by Gasteiger charge is -2.32. The van der Waals surface area contributed by atoms with Crippen LogP contribution in [0.2, 0.25) is 0 Å². The number of benzene rings is 1. The maximum absolute atomic E-state index is 12.3. The molecule has 21 heavy (non-hydrogen) atoms. The van der Waals surface area contributed by atoms with Crippen molar-refractivity contribution in [2.45, 2.75) is 18.9 Å². The van der Waals surface area contributed by atoms with Gasteiger partial charge in [0.25, 0.3) is 5.91 Å². The van der Waals surface area contributed by atoms with Crippen molar-refractivity contribution in [1.82, 2.24) is 5.32 Å². The molecule has 0 bridgehead atoms. The van der Waals surface area contributed by atoms with Crippen molar-refractivity contribution in [3.63, 3.8) is 0 Å². The molecule has 118 valence electrons. The van der Waals surface area contributed by atoms with Crippen molar-refractivity contribution < 1.29 is 9.53 Å². The Labute approximate surface area is 137 Å². The Morgan fingerprint density at radius 2 is 2.14 bits per heavy atom. The highest BCUT2D eigenvalue weighted by molar-refractivity contribution is 5.97. The van der Waals surface area contributed by atoms with Crippen LogP contribution in [0, 0.1) is 0 Å². The Balaban J connectivity index is 0.00000110. The van der Waals surface area contributed by atoms with Gasteiger partial charge in [0.15, 0.2) is 5.60 Å². The van der Waals surface area contributed by atoms with Crippen molar-refractivity contribution in [2.75, 3.05) is 36.9 Å². The first-order valence-electron chi connectivity index (χ1n) is 6.70. The van der Waals surface area contributed by atoms with Crippen LogP contribution < -0.4 is 16.0 Å². The molecule has 1 unspecified atom stereocenters. The largest absolute Gasteiger partial charge is 0.384 e. The minimum Gasteiger partial charge on any atom is -0.384 e. The first-order valence-corrected chi connectivity index (χ1v) is 6.70. The van der Waals surface area contributed by atoms with Gasteiger partial charge in [-0.25, -0.2) is 0 Å². The fourth-order valence-corrected chi connectivity index (χ4v) is 2.52. The molecule has 3 N–H and O–H groups in total. The second kappa shape index (κ2) is 7.31. The average molecular weight is 334 g/mol. The predicted molar refractivity (Wildman–Crippen MR) is 89.0 cm³/mol. The number of hydrogen-bond donors (Lipinski definition) is 3. The highest BCUT2D eigenvalue weighted by Gasteiger charge is 2.36. The zero-order chi connectivity index (χ0) is 13.3. The summed E-state index contributed by atoms with van der Waals surface area (Å²) >= 11 is 0. The molecule has 1 fully saturated rings. The van der Waals surface area contributed by atoms with Gasteiger partial charge in [0, 0.05) is 31.0 Å². The number of fused-ring (bicyclic) bond motifs is 1. The molecule has 7 heteroatoms. The molecule has 0 aliphatic carbocycles. The standard InChI is InChI=1S/C14H19N3O2.2ClH/c1-14(9-15-6-7-19-14)13(18)17-11-2-3-12-10(8-11)4-5-16-12;;/h2-3,8,15-16H,4-7,9H2,1H3,(H,17,18);2*1H. The average Bonchev–Trinajstić information content (AvgIpc) is 2.87. The Morgan fingerprint density at radius 1 is 1.33 bits per heavy atom. The first-order chi connectivity index (χ1) is 9.17. The lowest BCUT2D eigenvalue weighted by atomic mass is 10.0. The number of rotatable bonds is 2. The number of anilines is 2. The molecule has 0 aromatic heterocycles. The summed E-state index contributed by atoms with van der Waals surface area (Å²) in [7, 11) is 0. The molecule has 2 aliphatic heterocycles. The van der Waals surface area contributed by atoms with Gasteiger partial charge in [-0.15, -0.1) is 24.8 Å². The van der Waals surface area contributed by atoms with E-state index in [1.54, 1.807) is 0 Å². The van der Waals surface area contributed by atoms with Gasteiger partial charge in [0.2, 0.25) is 0 Å². The summed E-state index contributed by atoms with van der Waals surface area (Å²) in [5.74, 6) is -0.0920. The van der Waals surface area contributed by atoms with Crippen LogP contribution in [0.4, 0.5) is 11.4 Å². The molecular formula is C14H21Cl2N3O2. The summed E-state index contributed by atoms with van der Waals surface area (Å²) < 4.78 is 5.61. The van der Waals surface area contributed by atoms with Gasteiger partial charge in [-0.1, -0.05) is 0 Å². The fourth-order valence-electron chi connectivity index (χ4n) is 2.52. The first kappa shape index (κ1) is 18.0. The number of carbonyl (C=O) groups is 1. The number of ether oxygens (including phenoxy) is 1. The van der Waals surface area contributed by atoms with E-state index in [-0.39, 0.29) is 30.7 Å². The highest BCUT2D eigenvalue weighted by atomic mass is 35.5. The van der Waals surface area contributed by atoms with Gasteiger partial charge in [-0.3, -0.25) is 4.79 Å². The number of halogens is 2. The normalized spacial score (nSPS) is 23.1. The number of nitrogens with one attached hydrogen (secondary N) is 3. The highest BCUT2D eigenvalue weighted by Crippen LogP contribution is 2.26. The predicted octanol–water partition coefficient (Wildman–Crippen LogP) is 1.82. The summed E-state index contributed by atoms with van der Waals surface area (Å²) in [6, 6.07) is 5.97. The minimum absolute atomic E-state index is 0. The molecule has 0 spiro atoms. The number of hydrogen-bond acceptors (Lipinski definition) is 4. The van der Waals surface area contributed by atoms with Crippen LogP contribution in [-0.4, -0.2) is 37.7 Å². The number of carbonyl (C=O) groups excluding carboxylic acids is 1. The van der Waals surface area contributed by atoms with Crippen molar-refractivity contribution in [3.8, 4) is 0 Å². The van der Waals surface area contributed by atoms with Gasteiger partial charge < -0.3 is 20.7 Å². The van der Waals surface area contributed by atoms with E-state index in [1.165, 1.54) is 11.3 Å². The van der Waals surface area contributed by atoms with Crippen molar-refractivity contribution in [3.05, 3.63) is 23.8 Å². The Bertz CT molecular complexity index is 505. The van der Waals surface area contributed by atoms with E-state index in [2.05, 4.69) is 16.0 Å². The molecule has 1 aromatic rings. The summed E-state index contributed by atoms with van der Waals surface area (Å²) in [4.78, 5) is 12.3. The third-order valence-corrected chi connectivity index (χ3v) is 3.72. The molecular weight excluding hydrogens is 313 g/mol. The van der Waals surface area contributed by atoms with Crippen molar-refractivity contribution in [1.29, 1.82) is 0 Å². The van der Waals surface area contributed by atoms with Crippen LogP contribution in [0.15, 0.2) is 18.2 Å². The third-order valence-electron chi connectivity index (χ3n) is 3.72. The van der Waals surface area contributed by atoms with Gasteiger partial charge in [-0.05, 0) is 37.1 Å². The zero-order valence-electron chi connectivity index (χ0n) is 11.9. The second-order valence-corrected chi connectivity index (χ2v) is 5.26. The number of morpholine rings is 1. The van der Waals surface area contributed by atoms with E-state index in [0.29, 0.717) is 13.2 Å². The summed E-state index contributed by atoms with van der Waals surface area (Å²) in [5, 5.41) is 9.44. The van der Waals surface area contributed by atoms with E-state index in [9.17, 15) is 4.79 Å². The lowest BCUT2D eigenvalue weighted by Crippen LogP contribution is -2.55. The maximum Gasteiger partial charge on any atom is 0.257 e. The summed E-state index contributed by atoms with van der Waals surface area (Å²) in [5.41, 5.74) is 2.48. The molecule has 0 saturated carbocycles. The Morgan fingerprint density at radius 3 is 2.86 bits per heavy atom. The molecule has 1 atom stereocenters. The molecule has 0 radical (unpaired) electrons. The van der Waals surface area contributed by atoms with E-state index >= 15 is 0 Å². The van der Waals surface area contributed by atoms with Gasteiger partial charge >= 0.3 is 0 Å². The van der Waals surface area contributed by atoms with Crippen molar-refractivity contribution >= 4 is 42.1 Å². The maximum atomic E-state index is 12.3. The van der Waals surface area contributed by atoms with E-state index < -0.39 is 5.60 Å². The molecule has 3 rings (SSSR count). The molecule has 1 saturated heterocycles. The molecule has 5 nitrogen and oxygen atoms in total. The number of amides is 1. The quantitative estimate of drug-likeness (QED) is 0.772. The van der Waals surface area contributed by atoms with Crippen LogP contribution >= 0.6 is 24.8 Å². The van der Waals surface area contributed by atoms with Gasteiger partial charge in [-0.2, -0.15) is 0 Å². The van der Waals surface area contributed by atoms with E-state index in [1.807, 2.05) is 25.1 Å². The monoisotopic (exact) mass is 333 g/mol. The third kappa shape index (κ3) is 3.80. The Kier molecular flexibility index (Phi) is 6.28. The van der Waals surface area contributed by atoms with Crippen LogP contribution in [0.25, 0.3) is 0 Å². The molecule has 2 aliphatic rings. The summed E-state index contributed by atoms with van der Waals surface area (Å²) in [6.07, 6.45) is 1.01. The zero-order valence-corrected chi connectivity index (χ0v) is 13.5. The topological polar surface area (TPSA) is 62.4 Å². The second-order valence-electron chi connectivity index (χ2n) is 5.26. The van der Waals surface area contributed by atoms with Crippen LogP contribution in [0.3, 0.4) is 0 Å². The molecule has 1 amide bonds. The van der Waals surface area contributed by atoms with Crippen LogP contribution in [0.1, 0.15) is 12.5 Å². The van der Waals surface area contributed by atoms with Gasteiger partial charge in [0.05, 0.1) is 6.61 Å². The van der Waals surface area contributed by atoms with Gasteiger partial charge in [0.1, 0.15) is 0 Å². The van der Waals surface area contributed by atoms with Crippen LogP contribution in [0.5, 0.6) is 0 Å². The van der Waals surface area contributed by atoms with E-state index in [0.717, 1.165) is 25.2 Å².